The van der Waals surface area contributed by atoms with Gasteiger partial charge in [-0.15, -0.1) is 0 Å². The van der Waals surface area contributed by atoms with E-state index in [1.54, 1.807) is 47.4 Å². The number of fused-ring (bicyclic) bond motifs is 2. The molecule has 1 aliphatic carbocycles. The van der Waals surface area contributed by atoms with E-state index in [2.05, 4.69) is 16.0 Å². The van der Waals surface area contributed by atoms with Crippen molar-refractivity contribution in [1.29, 1.82) is 0 Å². The Bertz CT molecular complexity index is 1750. The molecule has 2 atom stereocenters. The first-order valence-corrected chi connectivity index (χ1v) is 15.8. The number of nitrogens with zero attached hydrogens (tertiary/aromatic N) is 1. The summed E-state index contributed by atoms with van der Waals surface area (Å²) in [6.45, 7) is 1.00. The number of rotatable bonds is 11. The summed E-state index contributed by atoms with van der Waals surface area (Å²) in [4.78, 5) is 75.4. The molecule has 1 saturated heterocycles. The van der Waals surface area contributed by atoms with E-state index in [1.807, 2.05) is 30.3 Å². The second-order valence-electron chi connectivity index (χ2n) is 11.5. The Labute approximate surface area is 285 Å². The lowest BCUT2D eigenvalue weighted by Gasteiger charge is -2.29. The van der Waals surface area contributed by atoms with Crippen LogP contribution in [0.15, 0.2) is 72.8 Å². The number of nitrogens with two attached hydrogens (primary N) is 1. The highest BCUT2D eigenvalue weighted by Crippen LogP contribution is 2.32. The predicted octanol–water partition coefficient (Wildman–Crippen LogP) is 2.69. The molecule has 12 nitrogen and oxygen atoms in total. The average molecular weight is 696 g/mol. The third kappa shape index (κ3) is 9.11. The molecule has 3 aromatic rings. The lowest BCUT2D eigenvalue weighted by atomic mass is 9.83. The number of carbonyl (C=O) groups excluding carboxylic acids is 5. The number of ketones is 2. The SMILES string of the molecule is NCC(=O)N[C@@H](Cc1ccccc1)C(=O)N1CCC[C@@H]1C(=O)NCCCNc1cccc2c1C(=O)c1ccccc1C2=O.O=C(O)C(F)(F)F. The van der Waals surface area contributed by atoms with Crippen molar-refractivity contribution >= 4 is 40.9 Å². The zero-order valence-electron chi connectivity index (χ0n) is 26.8. The van der Waals surface area contributed by atoms with Crippen LogP contribution in [0.3, 0.4) is 0 Å². The Kier molecular flexibility index (Phi) is 12.4. The molecule has 264 valence electrons. The molecule has 3 amide bonds. The van der Waals surface area contributed by atoms with Crippen LogP contribution in [-0.2, 0) is 25.6 Å². The molecule has 0 spiro atoms. The van der Waals surface area contributed by atoms with Crippen LogP contribution in [0.25, 0.3) is 0 Å². The van der Waals surface area contributed by atoms with E-state index >= 15 is 0 Å². The Hall–Kier alpha value is -5.57. The number of hydrogen-bond donors (Lipinski definition) is 5. The number of halogens is 3. The summed E-state index contributed by atoms with van der Waals surface area (Å²) < 4.78 is 31.7. The Morgan fingerprint density at radius 1 is 0.880 bits per heavy atom. The number of carboxylic acid groups (broad SMARTS) is 1. The van der Waals surface area contributed by atoms with Crippen LogP contribution in [0.5, 0.6) is 0 Å². The number of anilines is 1. The van der Waals surface area contributed by atoms with Crippen LogP contribution >= 0.6 is 0 Å². The highest BCUT2D eigenvalue weighted by molar-refractivity contribution is 6.30. The molecule has 50 heavy (non-hydrogen) atoms. The Morgan fingerprint density at radius 2 is 1.50 bits per heavy atom. The van der Waals surface area contributed by atoms with E-state index in [4.69, 9.17) is 15.6 Å². The summed E-state index contributed by atoms with van der Waals surface area (Å²) in [5.74, 6) is -4.11. The van der Waals surface area contributed by atoms with Crippen molar-refractivity contribution in [3.8, 4) is 0 Å². The van der Waals surface area contributed by atoms with Gasteiger partial charge in [-0.25, -0.2) is 4.79 Å². The Balaban J connectivity index is 0.000000727. The van der Waals surface area contributed by atoms with E-state index in [0.717, 1.165) is 5.56 Å². The van der Waals surface area contributed by atoms with Crippen LogP contribution in [-0.4, -0.2) is 89.7 Å². The molecule has 0 unspecified atom stereocenters. The van der Waals surface area contributed by atoms with Crippen LogP contribution in [0, 0.1) is 0 Å². The number of hydrogen-bond acceptors (Lipinski definition) is 8. The molecule has 0 saturated carbocycles. The zero-order valence-corrected chi connectivity index (χ0v) is 26.8. The topological polar surface area (TPSA) is 188 Å². The van der Waals surface area contributed by atoms with Gasteiger partial charge >= 0.3 is 12.1 Å². The van der Waals surface area contributed by atoms with Gasteiger partial charge in [0, 0.05) is 48.4 Å². The predicted molar refractivity (Wildman–Crippen MR) is 175 cm³/mol. The van der Waals surface area contributed by atoms with E-state index < -0.39 is 30.1 Å². The van der Waals surface area contributed by atoms with Crippen molar-refractivity contribution in [3.05, 3.63) is 101 Å². The molecule has 0 bridgehead atoms. The molecule has 0 radical (unpaired) electrons. The summed E-state index contributed by atoms with van der Waals surface area (Å²) >= 11 is 0. The summed E-state index contributed by atoms with van der Waals surface area (Å²) in [6, 6.07) is 19.9. The molecule has 6 N–H and O–H groups in total. The van der Waals surface area contributed by atoms with Gasteiger partial charge in [0.05, 0.1) is 12.1 Å². The average Bonchev–Trinajstić information content (AvgIpc) is 3.60. The van der Waals surface area contributed by atoms with Crippen molar-refractivity contribution in [1.82, 2.24) is 15.5 Å². The molecule has 0 aromatic heterocycles. The van der Waals surface area contributed by atoms with Gasteiger partial charge < -0.3 is 31.7 Å². The number of nitrogens with one attached hydrogen (secondary N) is 3. The van der Waals surface area contributed by atoms with Crippen molar-refractivity contribution < 1.29 is 47.0 Å². The van der Waals surface area contributed by atoms with Crippen LogP contribution < -0.4 is 21.7 Å². The largest absolute Gasteiger partial charge is 0.490 e. The fourth-order valence-electron chi connectivity index (χ4n) is 5.74. The van der Waals surface area contributed by atoms with Gasteiger partial charge in [-0.1, -0.05) is 66.7 Å². The molecule has 5 rings (SSSR count). The quantitative estimate of drug-likeness (QED) is 0.147. The highest BCUT2D eigenvalue weighted by Gasteiger charge is 2.39. The number of benzene rings is 3. The molecule has 1 heterocycles. The lowest BCUT2D eigenvalue weighted by Crippen LogP contribution is -2.55. The number of carboxylic acids is 1. The second kappa shape index (κ2) is 16.7. The lowest BCUT2D eigenvalue weighted by molar-refractivity contribution is -0.192. The minimum Gasteiger partial charge on any atom is -0.475 e. The zero-order chi connectivity index (χ0) is 36.4. The smallest absolute Gasteiger partial charge is 0.475 e. The van der Waals surface area contributed by atoms with Gasteiger partial charge in [-0.05, 0) is 30.9 Å². The van der Waals surface area contributed by atoms with Crippen LogP contribution in [0.1, 0.15) is 56.7 Å². The summed E-state index contributed by atoms with van der Waals surface area (Å²) in [5, 5.41) is 16.0. The molecular weight excluding hydrogens is 659 g/mol. The first-order chi connectivity index (χ1) is 23.8. The normalized spacial score (nSPS) is 15.5. The van der Waals surface area contributed by atoms with Gasteiger partial charge in [-0.3, -0.25) is 24.0 Å². The van der Waals surface area contributed by atoms with E-state index in [-0.39, 0.29) is 29.9 Å². The summed E-state index contributed by atoms with van der Waals surface area (Å²) in [6.07, 6.45) is -3.02. The van der Waals surface area contributed by atoms with E-state index in [1.165, 1.54) is 0 Å². The maximum Gasteiger partial charge on any atom is 0.490 e. The fourth-order valence-corrected chi connectivity index (χ4v) is 5.74. The molecule has 3 aromatic carbocycles. The molecule has 1 fully saturated rings. The first kappa shape index (κ1) is 37.3. The van der Waals surface area contributed by atoms with Crippen molar-refractivity contribution in [3.63, 3.8) is 0 Å². The van der Waals surface area contributed by atoms with E-state index in [0.29, 0.717) is 73.3 Å². The number of alkyl halides is 3. The minimum atomic E-state index is -5.08. The van der Waals surface area contributed by atoms with Gasteiger partial charge in [-0.2, -0.15) is 13.2 Å². The molecular formula is C35H36F3N5O7. The maximum atomic E-state index is 13.5. The van der Waals surface area contributed by atoms with Crippen molar-refractivity contribution in [2.75, 3.05) is 31.5 Å². The summed E-state index contributed by atoms with van der Waals surface area (Å²) in [5.41, 5.74) is 8.50. The number of amides is 3. The monoisotopic (exact) mass is 695 g/mol. The van der Waals surface area contributed by atoms with Crippen LogP contribution in [0.4, 0.5) is 18.9 Å². The van der Waals surface area contributed by atoms with E-state index in [9.17, 15) is 37.1 Å². The summed E-state index contributed by atoms with van der Waals surface area (Å²) in [7, 11) is 0. The standard InChI is InChI=1S/C33H35N5O5.C2HF3O2/c34-20-28(39)37-26(19-21-9-2-1-3-10-21)33(43)38-18-7-15-27(38)32(42)36-17-8-16-35-25-14-6-13-24-29(25)31(41)23-12-5-4-11-22(23)30(24)40;3-2(4,5)1(6)7/h1-6,9-14,26-27,35H,7-8,15-20,34H2,(H,36,42)(H,37,39);(H,6,7)/t26-,27+;/m0./s1. The van der Waals surface area contributed by atoms with Gasteiger partial charge in [0.15, 0.2) is 11.6 Å². The molecule has 1 aliphatic heterocycles. The van der Waals surface area contributed by atoms with Gasteiger partial charge in [0.2, 0.25) is 17.7 Å². The number of likely N-dealkylation sites (tertiary alicyclic amines) is 1. The maximum absolute atomic E-state index is 13.5. The number of aliphatic carboxylic acids is 1. The molecule has 15 heteroatoms. The van der Waals surface area contributed by atoms with Crippen molar-refractivity contribution in [2.24, 2.45) is 5.73 Å². The van der Waals surface area contributed by atoms with Gasteiger partial charge in [0.1, 0.15) is 12.1 Å². The van der Waals surface area contributed by atoms with Crippen LogP contribution in [0.2, 0.25) is 0 Å². The highest BCUT2D eigenvalue weighted by atomic mass is 19.4. The third-order valence-electron chi connectivity index (χ3n) is 8.10. The van der Waals surface area contributed by atoms with Crippen molar-refractivity contribution in [2.45, 2.75) is 43.9 Å². The first-order valence-electron chi connectivity index (χ1n) is 15.8. The second-order valence-corrected chi connectivity index (χ2v) is 11.5. The third-order valence-corrected chi connectivity index (χ3v) is 8.10. The Morgan fingerprint density at radius 3 is 2.14 bits per heavy atom. The van der Waals surface area contributed by atoms with Gasteiger partial charge in [0.25, 0.3) is 0 Å². The molecule has 2 aliphatic rings. The fraction of sp³-hybridized carbons (Fsp3) is 0.314. The minimum absolute atomic E-state index is 0.176. The number of carbonyl (C=O) groups is 6.